The fourth-order valence-corrected chi connectivity index (χ4v) is 3.61. The molecule has 0 N–H and O–H groups in total. The molecule has 0 aliphatic heterocycles. The van der Waals surface area contributed by atoms with Crippen molar-refractivity contribution >= 4 is 0 Å². The standard InChI is InChI=1S/C13H18/c1-2-4-12(5-3-1)13-8-6-11(10-13)7-9-13/h1-2,6,8,11-12H,3-5,7,9-10H2. The van der Waals surface area contributed by atoms with Crippen molar-refractivity contribution in [2.45, 2.75) is 38.5 Å². The average Bonchev–Trinajstić information content (AvgIpc) is 2.80. The molecule has 3 aliphatic rings. The molecule has 0 saturated heterocycles. The summed E-state index contributed by atoms with van der Waals surface area (Å²) in [5.41, 5.74) is 0.648. The second kappa shape index (κ2) is 2.73. The molecule has 2 bridgehead atoms. The molecule has 13 heavy (non-hydrogen) atoms. The summed E-state index contributed by atoms with van der Waals surface area (Å²) < 4.78 is 0. The van der Waals surface area contributed by atoms with Crippen LogP contribution in [0.15, 0.2) is 24.3 Å². The molecule has 0 heteroatoms. The summed E-state index contributed by atoms with van der Waals surface area (Å²) in [5, 5.41) is 0. The zero-order valence-electron chi connectivity index (χ0n) is 8.21. The lowest BCUT2D eigenvalue weighted by molar-refractivity contribution is 0.222. The first-order valence-electron chi connectivity index (χ1n) is 5.73. The van der Waals surface area contributed by atoms with Gasteiger partial charge < -0.3 is 0 Å². The SMILES string of the molecule is C1=CCC(C23C=CC(CC2)C3)CC1. The number of hydrogen-bond acceptors (Lipinski definition) is 0. The Bertz CT molecular complexity index is 261. The highest BCUT2D eigenvalue weighted by Gasteiger charge is 2.45. The van der Waals surface area contributed by atoms with Gasteiger partial charge in [0, 0.05) is 0 Å². The van der Waals surface area contributed by atoms with Crippen LogP contribution in [-0.2, 0) is 0 Å². The van der Waals surface area contributed by atoms with Crippen LogP contribution in [0.5, 0.6) is 0 Å². The van der Waals surface area contributed by atoms with Crippen molar-refractivity contribution in [1.82, 2.24) is 0 Å². The third kappa shape index (κ3) is 1.11. The quantitative estimate of drug-likeness (QED) is 0.532. The van der Waals surface area contributed by atoms with E-state index in [1.165, 1.54) is 38.5 Å². The molecule has 3 unspecified atom stereocenters. The zero-order chi connectivity index (χ0) is 8.73. The summed E-state index contributed by atoms with van der Waals surface area (Å²) in [6, 6.07) is 0. The number of hydrogen-bond donors (Lipinski definition) is 0. The molecule has 0 radical (unpaired) electrons. The fourth-order valence-electron chi connectivity index (χ4n) is 3.61. The van der Waals surface area contributed by atoms with Gasteiger partial charge in [0.15, 0.2) is 0 Å². The van der Waals surface area contributed by atoms with Gasteiger partial charge >= 0.3 is 0 Å². The van der Waals surface area contributed by atoms with Crippen molar-refractivity contribution in [2.75, 3.05) is 0 Å². The Balaban J connectivity index is 1.83. The van der Waals surface area contributed by atoms with Crippen molar-refractivity contribution < 1.29 is 0 Å². The van der Waals surface area contributed by atoms with Gasteiger partial charge in [0.05, 0.1) is 0 Å². The normalized spacial score (nSPS) is 47.4. The highest BCUT2D eigenvalue weighted by atomic mass is 14.5. The van der Waals surface area contributed by atoms with Crippen molar-refractivity contribution in [1.29, 1.82) is 0 Å². The molecule has 0 aromatic heterocycles. The lowest BCUT2D eigenvalue weighted by Gasteiger charge is -2.35. The van der Waals surface area contributed by atoms with Gasteiger partial charge in [-0.1, -0.05) is 24.3 Å². The molecule has 0 heterocycles. The van der Waals surface area contributed by atoms with E-state index in [-0.39, 0.29) is 0 Å². The summed E-state index contributed by atoms with van der Waals surface area (Å²) in [5.74, 6) is 1.92. The van der Waals surface area contributed by atoms with Crippen LogP contribution in [0, 0.1) is 17.3 Å². The fraction of sp³-hybridized carbons (Fsp3) is 0.692. The summed E-state index contributed by atoms with van der Waals surface area (Å²) in [4.78, 5) is 0. The largest absolute Gasteiger partial charge is 0.0885 e. The Morgan fingerprint density at radius 1 is 1.15 bits per heavy atom. The maximum Gasteiger partial charge on any atom is -0.00810 e. The lowest BCUT2D eigenvalue weighted by atomic mass is 9.70. The molecule has 0 amide bonds. The van der Waals surface area contributed by atoms with Crippen LogP contribution >= 0.6 is 0 Å². The Morgan fingerprint density at radius 2 is 2.15 bits per heavy atom. The van der Waals surface area contributed by atoms with Gasteiger partial charge in [-0.15, -0.1) is 0 Å². The monoisotopic (exact) mass is 174 g/mol. The van der Waals surface area contributed by atoms with Crippen LogP contribution in [0.1, 0.15) is 38.5 Å². The van der Waals surface area contributed by atoms with Gasteiger partial charge in [-0.3, -0.25) is 0 Å². The van der Waals surface area contributed by atoms with E-state index in [1.807, 2.05) is 0 Å². The molecule has 70 valence electrons. The molecular formula is C13H18. The van der Waals surface area contributed by atoms with E-state index in [9.17, 15) is 0 Å². The topological polar surface area (TPSA) is 0 Å². The summed E-state index contributed by atoms with van der Waals surface area (Å²) in [6.45, 7) is 0. The second-order valence-electron chi connectivity index (χ2n) is 5.08. The van der Waals surface area contributed by atoms with Crippen LogP contribution < -0.4 is 0 Å². The molecule has 0 spiro atoms. The Kier molecular flexibility index (Phi) is 1.65. The van der Waals surface area contributed by atoms with E-state index in [4.69, 9.17) is 0 Å². The minimum absolute atomic E-state index is 0.648. The van der Waals surface area contributed by atoms with Gasteiger partial charge in [0.2, 0.25) is 0 Å². The van der Waals surface area contributed by atoms with E-state index >= 15 is 0 Å². The smallest absolute Gasteiger partial charge is 0.00810 e. The van der Waals surface area contributed by atoms with Gasteiger partial charge in [0.1, 0.15) is 0 Å². The van der Waals surface area contributed by atoms with Crippen LogP contribution in [-0.4, -0.2) is 0 Å². The van der Waals surface area contributed by atoms with E-state index in [2.05, 4.69) is 24.3 Å². The minimum atomic E-state index is 0.648. The van der Waals surface area contributed by atoms with Crippen LogP contribution in [0.3, 0.4) is 0 Å². The Hall–Kier alpha value is -0.520. The maximum absolute atomic E-state index is 2.56. The Morgan fingerprint density at radius 3 is 2.69 bits per heavy atom. The lowest BCUT2D eigenvalue weighted by Crippen LogP contribution is -2.25. The van der Waals surface area contributed by atoms with E-state index in [0.717, 1.165) is 11.8 Å². The first kappa shape index (κ1) is 7.84. The van der Waals surface area contributed by atoms with Gasteiger partial charge in [0.25, 0.3) is 0 Å². The number of rotatable bonds is 1. The predicted molar refractivity (Wildman–Crippen MR) is 55.4 cm³/mol. The van der Waals surface area contributed by atoms with Crippen LogP contribution in [0.4, 0.5) is 0 Å². The highest BCUT2D eigenvalue weighted by molar-refractivity contribution is 5.18. The van der Waals surface area contributed by atoms with E-state index in [1.54, 1.807) is 0 Å². The van der Waals surface area contributed by atoms with Gasteiger partial charge in [-0.25, -0.2) is 0 Å². The highest BCUT2D eigenvalue weighted by Crippen LogP contribution is 2.56. The Labute approximate surface area is 80.7 Å². The van der Waals surface area contributed by atoms with E-state index in [0.29, 0.717) is 5.41 Å². The molecule has 0 aromatic rings. The molecule has 0 aromatic carbocycles. The van der Waals surface area contributed by atoms with Crippen molar-refractivity contribution in [2.24, 2.45) is 17.3 Å². The summed E-state index contributed by atoms with van der Waals surface area (Å²) in [7, 11) is 0. The third-order valence-corrected chi connectivity index (χ3v) is 4.41. The molecule has 3 rings (SSSR count). The van der Waals surface area contributed by atoms with Gasteiger partial charge in [-0.05, 0) is 55.8 Å². The third-order valence-electron chi connectivity index (χ3n) is 4.41. The van der Waals surface area contributed by atoms with Crippen LogP contribution in [0.2, 0.25) is 0 Å². The molecule has 1 saturated carbocycles. The van der Waals surface area contributed by atoms with Crippen LogP contribution in [0.25, 0.3) is 0 Å². The molecule has 0 nitrogen and oxygen atoms in total. The number of allylic oxidation sites excluding steroid dienone is 4. The van der Waals surface area contributed by atoms with Crippen molar-refractivity contribution in [3.05, 3.63) is 24.3 Å². The first-order valence-corrected chi connectivity index (χ1v) is 5.73. The second-order valence-corrected chi connectivity index (χ2v) is 5.08. The minimum Gasteiger partial charge on any atom is -0.0885 e. The van der Waals surface area contributed by atoms with E-state index < -0.39 is 0 Å². The molecule has 3 aliphatic carbocycles. The zero-order valence-corrected chi connectivity index (χ0v) is 8.21. The molecule has 1 fully saturated rings. The molecular weight excluding hydrogens is 156 g/mol. The molecule has 3 atom stereocenters. The number of fused-ring (bicyclic) bond motifs is 2. The van der Waals surface area contributed by atoms with Gasteiger partial charge in [-0.2, -0.15) is 0 Å². The van der Waals surface area contributed by atoms with Crippen molar-refractivity contribution in [3.8, 4) is 0 Å². The average molecular weight is 174 g/mol. The summed E-state index contributed by atoms with van der Waals surface area (Å²) >= 11 is 0. The summed E-state index contributed by atoms with van der Waals surface area (Å²) in [6.07, 6.45) is 18.3. The maximum atomic E-state index is 2.56. The predicted octanol–water partition coefficient (Wildman–Crippen LogP) is 3.70. The first-order chi connectivity index (χ1) is 6.39. The van der Waals surface area contributed by atoms with Crippen molar-refractivity contribution in [3.63, 3.8) is 0 Å².